The van der Waals surface area contributed by atoms with E-state index in [0.29, 0.717) is 0 Å². The van der Waals surface area contributed by atoms with Gasteiger partial charge in [0.15, 0.2) is 0 Å². The molecule has 0 radical (unpaired) electrons. The number of hydrogen-bond donors (Lipinski definition) is 1. The summed E-state index contributed by atoms with van der Waals surface area (Å²) in [6.45, 7) is 4.55. The quantitative estimate of drug-likeness (QED) is 0.875. The number of carbonyl (C=O) groups is 1. The van der Waals surface area contributed by atoms with Crippen LogP contribution in [0.15, 0.2) is 5.38 Å². The van der Waals surface area contributed by atoms with E-state index in [2.05, 4.69) is 4.98 Å². The predicted molar refractivity (Wildman–Crippen MR) is 68.8 cm³/mol. The number of thiazole rings is 1. The van der Waals surface area contributed by atoms with Crippen LogP contribution >= 0.6 is 11.3 Å². The second-order valence-electron chi connectivity index (χ2n) is 4.66. The van der Waals surface area contributed by atoms with Gasteiger partial charge in [0.25, 0.3) is 0 Å². The van der Waals surface area contributed by atoms with Crippen molar-refractivity contribution in [1.29, 1.82) is 0 Å². The number of aromatic nitrogens is 1. The van der Waals surface area contributed by atoms with E-state index in [-0.39, 0.29) is 11.9 Å². The molecule has 1 aliphatic heterocycles. The van der Waals surface area contributed by atoms with E-state index in [1.165, 1.54) is 0 Å². The third kappa shape index (κ3) is 2.66. The lowest BCUT2D eigenvalue weighted by Crippen LogP contribution is -2.46. The second kappa shape index (κ2) is 5.14. The van der Waals surface area contributed by atoms with Gasteiger partial charge in [-0.05, 0) is 33.1 Å². The predicted octanol–water partition coefficient (Wildman–Crippen LogP) is 1.85. The van der Waals surface area contributed by atoms with Crippen LogP contribution < -0.4 is 5.73 Å². The number of likely N-dealkylation sites (tertiary alicyclic amines) is 1. The zero-order valence-corrected chi connectivity index (χ0v) is 11.2. The minimum absolute atomic E-state index is 0.0440. The molecule has 1 fully saturated rings. The topological polar surface area (TPSA) is 59.2 Å². The van der Waals surface area contributed by atoms with Crippen LogP contribution in [0.1, 0.15) is 42.9 Å². The monoisotopic (exact) mass is 253 g/mol. The molecule has 2 N–H and O–H groups in total. The van der Waals surface area contributed by atoms with Crippen molar-refractivity contribution >= 4 is 17.2 Å². The largest absolute Gasteiger partial charge is 0.332 e. The van der Waals surface area contributed by atoms with Crippen molar-refractivity contribution in [3.8, 4) is 0 Å². The molecule has 1 unspecified atom stereocenters. The van der Waals surface area contributed by atoms with Gasteiger partial charge in [0, 0.05) is 17.6 Å². The Kier molecular flexibility index (Phi) is 3.79. The summed E-state index contributed by atoms with van der Waals surface area (Å²) < 4.78 is 0. The molecule has 5 heteroatoms. The molecule has 0 aliphatic carbocycles. The van der Waals surface area contributed by atoms with E-state index in [9.17, 15) is 4.79 Å². The van der Waals surface area contributed by atoms with Crippen LogP contribution in [0.2, 0.25) is 0 Å². The fourth-order valence-electron chi connectivity index (χ4n) is 2.24. The summed E-state index contributed by atoms with van der Waals surface area (Å²) in [5.41, 5.74) is 6.74. The number of aryl methyl sites for hydroxylation is 1. The summed E-state index contributed by atoms with van der Waals surface area (Å²) in [4.78, 5) is 18.5. The van der Waals surface area contributed by atoms with Crippen LogP contribution in [0.3, 0.4) is 0 Å². The van der Waals surface area contributed by atoms with Gasteiger partial charge >= 0.3 is 0 Å². The number of nitrogens with zero attached hydrogens (tertiary/aromatic N) is 2. The zero-order valence-electron chi connectivity index (χ0n) is 10.3. The van der Waals surface area contributed by atoms with E-state index in [1.54, 1.807) is 18.3 Å². The molecule has 1 aliphatic rings. The first-order valence-electron chi connectivity index (χ1n) is 6.07. The molecule has 1 amide bonds. The minimum Gasteiger partial charge on any atom is -0.332 e. The van der Waals surface area contributed by atoms with Crippen molar-refractivity contribution in [3.63, 3.8) is 0 Å². The molecule has 1 saturated heterocycles. The first kappa shape index (κ1) is 12.5. The SMILES string of the molecule is Cc1csc(C2CCCCN2C(=O)[C@@H](C)N)n1. The Morgan fingerprint density at radius 2 is 2.41 bits per heavy atom. The zero-order chi connectivity index (χ0) is 12.4. The lowest BCUT2D eigenvalue weighted by atomic mass is 10.0. The molecule has 94 valence electrons. The van der Waals surface area contributed by atoms with E-state index in [1.807, 2.05) is 17.2 Å². The molecule has 1 aromatic rings. The van der Waals surface area contributed by atoms with E-state index in [0.717, 1.165) is 36.5 Å². The Hall–Kier alpha value is -0.940. The number of rotatable bonds is 2. The van der Waals surface area contributed by atoms with Gasteiger partial charge in [-0.1, -0.05) is 0 Å². The van der Waals surface area contributed by atoms with Crippen LogP contribution in [-0.2, 0) is 4.79 Å². The molecule has 0 bridgehead atoms. The lowest BCUT2D eigenvalue weighted by molar-refractivity contribution is -0.136. The van der Waals surface area contributed by atoms with Crippen molar-refractivity contribution in [1.82, 2.24) is 9.88 Å². The number of nitrogens with two attached hydrogens (primary N) is 1. The Morgan fingerprint density at radius 3 is 3.00 bits per heavy atom. The molecule has 0 aromatic carbocycles. The van der Waals surface area contributed by atoms with E-state index < -0.39 is 6.04 Å². The molecule has 0 spiro atoms. The maximum Gasteiger partial charge on any atom is 0.239 e. The van der Waals surface area contributed by atoms with E-state index >= 15 is 0 Å². The highest BCUT2D eigenvalue weighted by atomic mass is 32.1. The van der Waals surface area contributed by atoms with Gasteiger partial charge in [-0.3, -0.25) is 4.79 Å². The van der Waals surface area contributed by atoms with Crippen molar-refractivity contribution < 1.29 is 4.79 Å². The van der Waals surface area contributed by atoms with Crippen molar-refractivity contribution in [2.24, 2.45) is 5.73 Å². The Balaban J connectivity index is 2.20. The van der Waals surface area contributed by atoms with Crippen molar-refractivity contribution in [3.05, 3.63) is 16.1 Å². The molecule has 1 aromatic heterocycles. The van der Waals surface area contributed by atoms with Crippen LogP contribution in [0, 0.1) is 6.92 Å². The average Bonchev–Trinajstić information content (AvgIpc) is 2.74. The number of piperidine rings is 1. The van der Waals surface area contributed by atoms with E-state index in [4.69, 9.17) is 5.73 Å². The highest BCUT2D eigenvalue weighted by molar-refractivity contribution is 7.09. The Labute approximate surface area is 106 Å². The standard InChI is InChI=1S/C12H19N3OS/c1-8-7-17-11(14-8)10-5-3-4-6-15(10)12(16)9(2)13/h7,9-10H,3-6,13H2,1-2H3/t9-,10?/m1/s1. The molecule has 2 rings (SSSR count). The highest BCUT2D eigenvalue weighted by Crippen LogP contribution is 2.32. The van der Waals surface area contributed by atoms with Crippen molar-refractivity contribution in [2.45, 2.75) is 45.2 Å². The van der Waals surface area contributed by atoms with Crippen LogP contribution in [0.5, 0.6) is 0 Å². The van der Waals surface area contributed by atoms with Crippen LogP contribution in [0.25, 0.3) is 0 Å². The summed E-state index contributed by atoms with van der Waals surface area (Å²) in [5, 5.41) is 3.09. The minimum atomic E-state index is -0.420. The summed E-state index contributed by atoms with van der Waals surface area (Å²) in [7, 11) is 0. The average molecular weight is 253 g/mol. The van der Waals surface area contributed by atoms with Gasteiger partial charge in [0.2, 0.25) is 5.91 Å². The highest BCUT2D eigenvalue weighted by Gasteiger charge is 2.31. The van der Waals surface area contributed by atoms with Gasteiger partial charge in [0.05, 0.1) is 12.1 Å². The van der Waals surface area contributed by atoms with Gasteiger partial charge < -0.3 is 10.6 Å². The summed E-state index contributed by atoms with van der Waals surface area (Å²) >= 11 is 1.64. The molecular weight excluding hydrogens is 234 g/mol. The number of hydrogen-bond acceptors (Lipinski definition) is 4. The summed E-state index contributed by atoms with van der Waals surface area (Å²) in [6.07, 6.45) is 3.23. The van der Waals surface area contributed by atoms with Gasteiger partial charge in [0.1, 0.15) is 5.01 Å². The Morgan fingerprint density at radius 1 is 1.65 bits per heavy atom. The number of carbonyl (C=O) groups excluding carboxylic acids is 1. The van der Waals surface area contributed by atoms with Crippen LogP contribution in [0.4, 0.5) is 0 Å². The maximum absolute atomic E-state index is 12.1. The third-order valence-corrected chi connectivity index (χ3v) is 4.16. The molecule has 2 atom stereocenters. The van der Waals surface area contributed by atoms with Crippen LogP contribution in [-0.4, -0.2) is 28.4 Å². The van der Waals surface area contributed by atoms with Gasteiger partial charge in [-0.15, -0.1) is 11.3 Å². The normalized spacial score (nSPS) is 22.5. The fourth-order valence-corrected chi connectivity index (χ4v) is 3.18. The maximum atomic E-state index is 12.1. The van der Waals surface area contributed by atoms with Gasteiger partial charge in [-0.2, -0.15) is 0 Å². The Bertz CT molecular complexity index is 402. The molecular formula is C12H19N3OS. The fraction of sp³-hybridized carbons (Fsp3) is 0.667. The third-order valence-electron chi connectivity index (χ3n) is 3.10. The first-order valence-corrected chi connectivity index (χ1v) is 6.95. The summed E-state index contributed by atoms with van der Waals surface area (Å²) in [5.74, 6) is 0.0440. The molecule has 2 heterocycles. The lowest BCUT2D eigenvalue weighted by Gasteiger charge is -2.35. The molecule has 0 saturated carbocycles. The second-order valence-corrected chi connectivity index (χ2v) is 5.55. The molecule has 17 heavy (non-hydrogen) atoms. The number of amides is 1. The first-order chi connectivity index (χ1) is 8.09. The van der Waals surface area contributed by atoms with Gasteiger partial charge in [-0.25, -0.2) is 4.98 Å². The molecule has 4 nitrogen and oxygen atoms in total. The smallest absolute Gasteiger partial charge is 0.239 e. The van der Waals surface area contributed by atoms with Crippen molar-refractivity contribution in [2.75, 3.05) is 6.54 Å². The summed E-state index contributed by atoms with van der Waals surface area (Å²) in [6, 6.07) is -0.280.